The Hall–Kier alpha value is -2.13. The molecular weight excluding hydrogens is 400 g/mol. The van der Waals surface area contributed by atoms with Crippen molar-refractivity contribution in [2.24, 2.45) is 5.14 Å². The number of primary sulfonamides is 1. The summed E-state index contributed by atoms with van der Waals surface area (Å²) in [6, 6.07) is 14.2. The molecule has 2 aromatic carbocycles. The van der Waals surface area contributed by atoms with E-state index < -0.39 is 10.0 Å². The smallest absolute Gasteiger partial charge is 0.251 e. The minimum Gasteiger partial charge on any atom is -0.368 e. The Kier molecular flexibility index (Phi) is 7.42. The Bertz CT molecular complexity index is 914. The highest BCUT2D eigenvalue weighted by Gasteiger charge is 2.23. The molecule has 1 aliphatic heterocycles. The van der Waals surface area contributed by atoms with Crippen molar-refractivity contribution >= 4 is 34.0 Å². The molecule has 0 aromatic heterocycles. The van der Waals surface area contributed by atoms with Crippen molar-refractivity contribution in [2.75, 3.05) is 38.1 Å². The second-order valence-corrected chi connectivity index (χ2v) is 8.22. The Balaban J connectivity index is 0.00000280. The van der Waals surface area contributed by atoms with Crippen LogP contribution < -0.4 is 15.4 Å². The van der Waals surface area contributed by atoms with Crippen molar-refractivity contribution in [2.45, 2.75) is 11.4 Å². The summed E-state index contributed by atoms with van der Waals surface area (Å²) < 4.78 is 24.2. The highest BCUT2D eigenvalue weighted by Crippen LogP contribution is 2.26. The van der Waals surface area contributed by atoms with E-state index in [0.717, 1.165) is 18.7 Å². The number of likely N-dealkylation sites (N-methyl/N-ethyl adjacent to an activating group) is 1. The van der Waals surface area contributed by atoms with E-state index in [9.17, 15) is 13.2 Å². The van der Waals surface area contributed by atoms with E-state index in [4.69, 9.17) is 5.14 Å². The van der Waals surface area contributed by atoms with E-state index in [0.29, 0.717) is 25.3 Å². The van der Waals surface area contributed by atoms with Crippen LogP contribution in [0.3, 0.4) is 0 Å². The van der Waals surface area contributed by atoms with Crippen LogP contribution in [0, 0.1) is 0 Å². The standard InChI is InChI=1S/C19H24N4O3S.ClH/c1-22-9-11-23(12-10-22)17-8-7-16(13-18(17)27(20,25)26)19(24)21-14-15-5-3-2-4-6-15;/h2-8,13H,9-12,14H2,1H3,(H,21,24)(H2,20,25,26);1H. The van der Waals surface area contributed by atoms with E-state index in [2.05, 4.69) is 10.2 Å². The summed E-state index contributed by atoms with van der Waals surface area (Å²) in [5, 5.41) is 8.23. The fraction of sp³-hybridized carbons (Fsp3) is 0.316. The molecule has 1 aliphatic rings. The first kappa shape index (κ1) is 22.2. The zero-order valence-electron chi connectivity index (χ0n) is 15.7. The third kappa shape index (κ3) is 5.45. The van der Waals surface area contributed by atoms with Crippen LogP contribution in [0.25, 0.3) is 0 Å². The number of carbonyl (C=O) groups excluding carboxylic acids is 1. The lowest BCUT2D eigenvalue weighted by Crippen LogP contribution is -2.45. The van der Waals surface area contributed by atoms with E-state index in [1.165, 1.54) is 6.07 Å². The molecule has 1 fully saturated rings. The Morgan fingerprint density at radius 2 is 1.71 bits per heavy atom. The number of amides is 1. The van der Waals surface area contributed by atoms with Crippen LogP contribution in [0.15, 0.2) is 53.4 Å². The maximum Gasteiger partial charge on any atom is 0.251 e. The number of benzene rings is 2. The summed E-state index contributed by atoms with van der Waals surface area (Å²) in [6.45, 7) is 3.45. The second-order valence-electron chi connectivity index (χ2n) is 6.69. The highest BCUT2D eigenvalue weighted by atomic mass is 35.5. The molecule has 0 radical (unpaired) electrons. The normalized spacial score (nSPS) is 15.0. The van der Waals surface area contributed by atoms with E-state index >= 15 is 0 Å². The van der Waals surface area contributed by atoms with Crippen molar-refractivity contribution in [3.05, 3.63) is 59.7 Å². The van der Waals surface area contributed by atoms with Gasteiger partial charge in [0.1, 0.15) is 4.90 Å². The number of rotatable bonds is 5. The lowest BCUT2D eigenvalue weighted by Gasteiger charge is -2.34. The maximum absolute atomic E-state index is 12.5. The molecule has 1 heterocycles. The minimum atomic E-state index is -3.95. The van der Waals surface area contributed by atoms with Gasteiger partial charge in [-0.3, -0.25) is 4.79 Å². The van der Waals surface area contributed by atoms with Crippen LogP contribution in [0.1, 0.15) is 15.9 Å². The third-order valence-corrected chi connectivity index (χ3v) is 5.61. The average molecular weight is 425 g/mol. The number of carbonyl (C=O) groups is 1. The fourth-order valence-corrected chi connectivity index (χ4v) is 3.85. The van der Waals surface area contributed by atoms with E-state index in [1.54, 1.807) is 12.1 Å². The number of halogens is 1. The first-order chi connectivity index (χ1) is 12.8. The average Bonchev–Trinajstić information content (AvgIpc) is 2.66. The van der Waals surface area contributed by atoms with Gasteiger partial charge in [-0.05, 0) is 30.8 Å². The van der Waals surface area contributed by atoms with Gasteiger partial charge in [-0.2, -0.15) is 0 Å². The van der Waals surface area contributed by atoms with Gasteiger partial charge in [0.15, 0.2) is 0 Å². The van der Waals surface area contributed by atoms with Crippen molar-refractivity contribution < 1.29 is 13.2 Å². The van der Waals surface area contributed by atoms with Crippen LogP contribution in [0.5, 0.6) is 0 Å². The fourth-order valence-electron chi connectivity index (χ4n) is 3.07. The van der Waals surface area contributed by atoms with Gasteiger partial charge in [-0.1, -0.05) is 30.3 Å². The van der Waals surface area contributed by atoms with E-state index in [1.807, 2.05) is 42.3 Å². The molecule has 0 unspecified atom stereocenters. The lowest BCUT2D eigenvalue weighted by atomic mass is 10.1. The summed E-state index contributed by atoms with van der Waals surface area (Å²) in [5.74, 6) is -0.339. The monoisotopic (exact) mass is 424 g/mol. The number of sulfonamides is 1. The van der Waals surface area contributed by atoms with Crippen LogP contribution in [-0.2, 0) is 16.6 Å². The lowest BCUT2D eigenvalue weighted by molar-refractivity contribution is 0.0950. The molecule has 3 N–H and O–H groups in total. The molecule has 2 aromatic rings. The number of hydrogen-bond acceptors (Lipinski definition) is 5. The Labute approximate surface area is 172 Å². The topological polar surface area (TPSA) is 95.7 Å². The number of hydrogen-bond donors (Lipinski definition) is 2. The van der Waals surface area contributed by atoms with Crippen molar-refractivity contribution in [1.82, 2.24) is 10.2 Å². The molecule has 1 saturated heterocycles. The molecule has 0 aliphatic carbocycles. The number of nitrogens with zero attached hydrogens (tertiary/aromatic N) is 2. The molecule has 0 atom stereocenters. The van der Waals surface area contributed by atoms with Gasteiger partial charge < -0.3 is 15.1 Å². The Morgan fingerprint density at radius 3 is 2.32 bits per heavy atom. The van der Waals surface area contributed by atoms with Crippen LogP contribution in [0.4, 0.5) is 5.69 Å². The van der Waals surface area contributed by atoms with E-state index in [-0.39, 0.29) is 28.8 Å². The minimum absolute atomic E-state index is 0. The van der Waals surface area contributed by atoms with Crippen molar-refractivity contribution in [3.63, 3.8) is 0 Å². The third-order valence-electron chi connectivity index (χ3n) is 4.67. The summed E-state index contributed by atoms with van der Waals surface area (Å²) >= 11 is 0. The molecular formula is C19H25ClN4O3S. The first-order valence-electron chi connectivity index (χ1n) is 8.77. The van der Waals surface area contributed by atoms with Crippen LogP contribution in [-0.4, -0.2) is 52.5 Å². The van der Waals surface area contributed by atoms with Gasteiger partial charge in [0, 0.05) is 38.3 Å². The zero-order valence-corrected chi connectivity index (χ0v) is 17.3. The van der Waals surface area contributed by atoms with Crippen molar-refractivity contribution in [3.8, 4) is 0 Å². The van der Waals surface area contributed by atoms with Gasteiger partial charge in [-0.15, -0.1) is 12.4 Å². The van der Waals surface area contributed by atoms with Crippen molar-refractivity contribution in [1.29, 1.82) is 0 Å². The second kappa shape index (κ2) is 9.38. The molecule has 3 rings (SSSR count). The molecule has 1 amide bonds. The van der Waals surface area contributed by atoms with Gasteiger partial charge >= 0.3 is 0 Å². The molecule has 7 nitrogen and oxygen atoms in total. The largest absolute Gasteiger partial charge is 0.368 e. The molecule has 0 saturated carbocycles. The van der Waals surface area contributed by atoms with Gasteiger partial charge in [0.05, 0.1) is 5.69 Å². The molecule has 28 heavy (non-hydrogen) atoms. The summed E-state index contributed by atoms with van der Waals surface area (Å²) in [5.41, 5.74) is 1.78. The van der Waals surface area contributed by atoms with Crippen LogP contribution in [0.2, 0.25) is 0 Å². The predicted octanol–water partition coefficient (Wildman–Crippen LogP) is 1.44. The zero-order chi connectivity index (χ0) is 19.4. The molecule has 0 bridgehead atoms. The molecule has 9 heteroatoms. The van der Waals surface area contributed by atoms with Gasteiger partial charge in [-0.25, -0.2) is 13.6 Å². The highest BCUT2D eigenvalue weighted by molar-refractivity contribution is 7.89. The number of anilines is 1. The molecule has 0 spiro atoms. The van der Waals surface area contributed by atoms with Crippen LogP contribution >= 0.6 is 12.4 Å². The maximum atomic E-state index is 12.5. The Morgan fingerprint density at radius 1 is 1.07 bits per heavy atom. The first-order valence-corrected chi connectivity index (χ1v) is 10.3. The van der Waals surface area contributed by atoms with Gasteiger partial charge in [0.25, 0.3) is 5.91 Å². The molecule has 152 valence electrons. The quantitative estimate of drug-likeness (QED) is 0.757. The summed E-state index contributed by atoms with van der Waals surface area (Å²) in [7, 11) is -1.93. The number of piperazine rings is 1. The summed E-state index contributed by atoms with van der Waals surface area (Å²) in [6.07, 6.45) is 0. The SMILES string of the molecule is CN1CCN(c2ccc(C(=O)NCc3ccccc3)cc2S(N)(=O)=O)CC1.Cl. The summed E-state index contributed by atoms with van der Waals surface area (Å²) in [4.78, 5) is 16.6. The predicted molar refractivity (Wildman–Crippen MR) is 112 cm³/mol. The van der Waals surface area contributed by atoms with Gasteiger partial charge in [0.2, 0.25) is 10.0 Å². The number of nitrogens with two attached hydrogens (primary N) is 1. The number of nitrogens with one attached hydrogen (secondary N) is 1.